The van der Waals surface area contributed by atoms with Gasteiger partial charge >= 0.3 is 0 Å². The van der Waals surface area contributed by atoms with Gasteiger partial charge in [0, 0.05) is 17.7 Å². The van der Waals surface area contributed by atoms with Crippen LogP contribution in [0.2, 0.25) is 0 Å². The van der Waals surface area contributed by atoms with Crippen molar-refractivity contribution in [3.63, 3.8) is 0 Å². The predicted molar refractivity (Wildman–Crippen MR) is 145 cm³/mol. The molecule has 5 heteroatoms. The van der Waals surface area contributed by atoms with Crippen molar-refractivity contribution in [1.82, 2.24) is 0 Å². The van der Waals surface area contributed by atoms with E-state index in [2.05, 4.69) is 6.58 Å². The zero-order valence-corrected chi connectivity index (χ0v) is 21.0. The number of allylic oxidation sites excluding steroid dienone is 1. The molecule has 3 aromatic carbocycles. The Morgan fingerprint density at radius 2 is 1.73 bits per heavy atom. The van der Waals surface area contributed by atoms with Crippen molar-refractivity contribution in [2.45, 2.75) is 38.7 Å². The second-order valence-electron chi connectivity index (χ2n) is 8.94. The molecule has 0 spiro atoms. The van der Waals surface area contributed by atoms with Crippen LogP contribution in [0.4, 0.5) is 13.2 Å². The SMILES string of the molecule is C=CCCOc1ccc(-c2ccc(/C=C/c3ccc(C4=CCC(OCC)CC4)c(F)c3F)cc2)cc1F. The lowest BCUT2D eigenvalue weighted by atomic mass is 9.91. The molecule has 192 valence electrons. The van der Waals surface area contributed by atoms with Crippen LogP contribution in [-0.4, -0.2) is 19.3 Å². The van der Waals surface area contributed by atoms with E-state index in [4.69, 9.17) is 9.47 Å². The van der Waals surface area contributed by atoms with E-state index < -0.39 is 17.5 Å². The Morgan fingerprint density at radius 3 is 2.41 bits per heavy atom. The average Bonchev–Trinajstić information content (AvgIpc) is 2.92. The first-order valence-electron chi connectivity index (χ1n) is 12.6. The molecule has 1 atom stereocenters. The largest absolute Gasteiger partial charge is 0.490 e. The minimum absolute atomic E-state index is 0.148. The van der Waals surface area contributed by atoms with Gasteiger partial charge in [-0.15, -0.1) is 6.58 Å². The molecule has 0 amide bonds. The molecule has 0 aromatic heterocycles. The molecule has 3 aromatic rings. The van der Waals surface area contributed by atoms with Crippen LogP contribution in [0.15, 0.2) is 73.3 Å². The first-order valence-corrected chi connectivity index (χ1v) is 12.6. The van der Waals surface area contributed by atoms with E-state index in [1.54, 1.807) is 42.5 Å². The van der Waals surface area contributed by atoms with Gasteiger partial charge in [-0.3, -0.25) is 0 Å². The average molecular weight is 505 g/mol. The van der Waals surface area contributed by atoms with Crippen LogP contribution in [0, 0.1) is 17.5 Å². The van der Waals surface area contributed by atoms with Gasteiger partial charge in [0.1, 0.15) is 0 Å². The topological polar surface area (TPSA) is 18.5 Å². The maximum Gasteiger partial charge on any atom is 0.166 e. The first-order chi connectivity index (χ1) is 18.0. The van der Waals surface area contributed by atoms with Crippen molar-refractivity contribution in [2.75, 3.05) is 13.2 Å². The van der Waals surface area contributed by atoms with Gasteiger partial charge < -0.3 is 9.47 Å². The molecule has 0 bridgehead atoms. The Hall–Kier alpha value is -3.57. The summed E-state index contributed by atoms with van der Waals surface area (Å²) in [7, 11) is 0. The normalized spacial score (nSPS) is 15.6. The van der Waals surface area contributed by atoms with Gasteiger partial charge in [0.2, 0.25) is 0 Å². The molecule has 0 radical (unpaired) electrons. The summed E-state index contributed by atoms with van der Waals surface area (Å²) >= 11 is 0. The zero-order valence-electron chi connectivity index (χ0n) is 21.0. The van der Waals surface area contributed by atoms with Crippen molar-refractivity contribution in [3.05, 3.63) is 107 Å². The predicted octanol–water partition coefficient (Wildman–Crippen LogP) is 8.87. The molecule has 0 aliphatic heterocycles. The summed E-state index contributed by atoms with van der Waals surface area (Å²) in [6, 6.07) is 15.5. The van der Waals surface area contributed by atoms with E-state index in [1.807, 2.05) is 37.3 Å². The van der Waals surface area contributed by atoms with Crippen LogP contribution < -0.4 is 4.74 Å². The van der Waals surface area contributed by atoms with Crippen molar-refractivity contribution >= 4 is 17.7 Å². The fourth-order valence-corrected chi connectivity index (χ4v) is 4.41. The van der Waals surface area contributed by atoms with E-state index in [-0.39, 0.29) is 17.4 Å². The van der Waals surface area contributed by atoms with Crippen LogP contribution in [0.3, 0.4) is 0 Å². The van der Waals surface area contributed by atoms with Crippen LogP contribution in [0.1, 0.15) is 49.3 Å². The van der Waals surface area contributed by atoms with Gasteiger partial charge in [0.25, 0.3) is 0 Å². The summed E-state index contributed by atoms with van der Waals surface area (Å²) in [5.41, 5.74) is 3.70. The summed E-state index contributed by atoms with van der Waals surface area (Å²) in [6.07, 6.45) is 9.93. The van der Waals surface area contributed by atoms with E-state index >= 15 is 0 Å². The maximum atomic E-state index is 14.9. The minimum Gasteiger partial charge on any atom is -0.490 e. The molecule has 0 N–H and O–H groups in total. The highest BCUT2D eigenvalue weighted by atomic mass is 19.2. The molecule has 37 heavy (non-hydrogen) atoms. The van der Waals surface area contributed by atoms with Crippen molar-refractivity contribution in [2.24, 2.45) is 0 Å². The van der Waals surface area contributed by atoms with Crippen LogP contribution in [0.25, 0.3) is 28.9 Å². The fourth-order valence-electron chi connectivity index (χ4n) is 4.41. The van der Waals surface area contributed by atoms with E-state index in [1.165, 1.54) is 6.07 Å². The van der Waals surface area contributed by atoms with Crippen molar-refractivity contribution in [1.29, 1.82) is 0 Å². The number of hydrogen-bond donors (Lipinski definition) is 0. The zero-order chi connectivity index (χ0) is 26.2. The Labute approximate surface area is 216 Å². The maximum absolute atomic E-state index is 14.9. The summed E-state index contributed by atoms with van der Waals surface area (Å²) < 4.78 is 55.1. The lowest BCUT2D eigenvalue weighted by Crippen LogP contribution is -2.15. The van der Waals surface area contributed by atoms with E-state index in [0.29, 0.717) is 38.0 Å². The standard InChI is InChI=1S/C32H31F3O2/c1-3-5-20-37-30-19-15-26(21-29(30)33)23-9-6-22(7-10-23)8-11-25-14-18-28(32(35)31(25)34)24-12-16-27(17-13-24)36-4-2/h3,6-12,14-15,18-19,21,27H,1,4-5,13,16-17,20H2,2H3/b11-8+. The Kier molecular flexibility index (Phi) is 9.02. The minimum atomic E-state index is -0.857. The van der Waals surface area contributed by atoms with Gasteiger partial charge in [0.15, 0.2) is 23.2 Å². The molecular weight excluding hydrogens is 473 g/mol. The molecule has 4 rings (SSSR count). The van der Waals surface area contributed by atoms with Crippen molar-refractivity contribution in [3.8, 4) is 16.9 Å². The smallest absolute Gasteiger partial charge is 0.166 e. The quantitative estimate of drug-likeness (QED) is 0.156. The van der Waals surface area contributed by atoms with Gasteiger partial charge in [0.05, 0.1) is 12.7 Å². The number of benzene rings is 3. The highest BCUT2D eigenvalue weighted by Crippen LogP contribution is 2.32. The molecule has 1 unspecified atom stereocenters. The summed E-state index contributed by atoms with van der Waals surface area (Å²) in [6.45, 7) is 6.60. The van der Waals surface area contributed by atoms with Crippen LogP contribution in [0.5, 0.6) is 5.75 Å². The third-order valence-electron chi connectivity index (χ3n) is 6.43. The molecule has 0 fully saturated rings. The van der Waals surface area contributed by atoms with Gasteiger partial charge in [-0.25, -0.2) is 13.2 Å². The monoisotopic (exact) mass is 504 g/mol. The summed E-state index contributed by atoms with van der Waals surface area (Å²) in [4.78, 5) is 0. The molecule has 0 saturated heterocycles. The number of ether oxygens (including phenoxy) is 2. The third kappa shape index (κ3) is 6.60. The van der Waals surface area contributed by atoms with Crippen LogP contribution >= 0.6 is 0 Å². The third-order valence-corrected chi connectivity index (χ3v) is 6.43. The van der Waals surface area contributed by atoms with E-state index in [0.717, 1.165) is 28.7 Å². The lowest BCUT2D eigenvalue weighted by molar-refractivity contribution is 0.0579. The summed E-state index contributed by atoms with van der Waals surface area (Å²) in [5, 5.41) is 0. The fraction of sp³-hybridized carbons (Fsp3) is 0.250. The van der Waals surface area contributed by atoms with Crippen molar-refractivity contribution < 1.29 is 22.6 Å². The molecular formula is C32H31F3O2. The number of hydrogen-bond acceptors (Lipinski definition) is 2. The second-order valence-corrected chi connectivity index (χ2v) is 8.94. The highest BCUT2D eigenvalue weighted by Gasteiger charge is 2.20. The number of rotatable bonds is 10. The van der Waals surface area contributed by atoms with Gasteiger partial charge in [-0.1, -0.05) is 66.8 Å². The van der Waals surface area contributed by atoms with Gasteiger partial charge in [-0.05, 0) is 67.0 Å². The second kappa shape index (κ2) is 12.6. The molecule has 1 aliphatic rings. The molecule has 0 saturated carbocycles. The number of halogens is 3. The molecule has 2 nitrogen and oxygen atoms in total. The molecule has 0 heterocycles. The Bertz CT molecular complexity index is 1290. The van der Waals surface area contributed by atoms with E-state index in [9.17, 15) is 13.2 Å². The summed E-state index contributed by atoms with van der Waals surface area (Å²) in [5.74, 6) is -1.90. The lowest BCUT2D eigenvalue weighted by Gasteiger charge is -2.22. The Morgan fingerprint density at radius 1 is 0.946 bits per heavy atom. The molecule has 1 aliphatic carbocycles. The van der Waals surface area contributed by atoms with Crippen LogP contribution in [-0.2, 0) is 4.74 Å². The first kappa shape index (κ1) is 26.5. The van der Waals surface area contributed by atoms with Gasteiger partial charge in [-0.2, -0.15) is 0 Å². The Balaban J connectivity index is 1.44. The highest BCUT2D eigenvalue weighted by molar-refractivity contribution is 5.74.